The van der Waals surface area contributed by atoms with Gasteiger partial charge in [-0.15, -0.1) is 0 Å². The molecule has 0 aliphatic rings. The highest BCUT2D eigenvalue weighted by Crippen LogP contribution is 2.08. The zero-order valence-electron chi connectivity index (χ0n) is 8.26. The number of nitrogens with one attached hydrogen (secondary N) is 2. The number of hydrogen-bond donors (Lipinski definition) is 3. The van der Waals surface area contributed by atoms with E-state index in [1.165, 1.54) is 0 Å². The van der Waals surface area contributed by atoms with Gasteiger partial charge in [0.25, 0.3) is 0 Å². The van der Waals surface area contributed by atoms with Gasteiger partial charge in [0.15, 0.2) is 5.17 Å². The third-order valence-corrected chi connectivity index (χ3v) is 2.18. The second-order valence-corrected chi connectivity index (χ2v) is 4.65. The monoisotopic (exact) mass is 203 g/mol. The summed E-state index contributed by atoms with van der Waals surface area (Å²) in [4.78, 5) is 11.3. The second kappa shape index (κ2) is 5.85. The van der Waals surface area contributed by atoms with Gasteiger partial charge in [-0.05, 0) is 12.8 Å². The van der Waals surface area contributed by atoms with Gasteiger partial charge >= 0.3 is 0 Å². The van der Waals surface area contributed by atoms with E-state index in [0.717, 1.165) is 11.8 Å². The van der Waals surface area contributed by atoms with Crippen LogP contribution in [0.15, 0.2) is 0 Å². The van der Waals surface area contributed by atoms with Crippen LogP contribution >= 0.6 is 11.8 Å². The lowest BCUT2D eigenvalue weighted by atomic mass is 10.2. The molecule has 4 N–H and O–H groups in total. The number of thioether (sulfide) groups is 1. The van der Waals surface area contributed by atoms with Crippen LogP contribution in [0.2, 0.25) is 0 Å². The van der Waals surface area contributed by atoms with Crippen molar-refractivity contribution >= 4 is 22.8 Å². The maximum Gasteiger partial charge on any atom is 0.233 e. The van der Waals surface area contributed by atoms with E-state index in [2.05, 4.69) is 5.32 Å². The van der Waals surface area contributed by atoms with Gasteiger partial charge < -0.3 is 11.1 Å². The van der Waals surface area contributed by atoms with Crippen LogP contribution < -0.4 is 11.1 Å². The lowest BCUT2D eigenvalue weighted by Gasteiger charge is -2.11. The highest BCUT2D eigenvalue weighted by molar-refractivity contribution is 8.14. The lowest BCUT2D eigenvalue weighted by molar-refractivity contribution is -0.120. The average Bonchev–Trinajstić information content (AvgIpc) is 1.98. The van der Waals surface area contributed by atoms with Crippen molar-refractivity contribution in [1.29, 1.82) is 5.41 Å². The van der Waals surface area contributed by atoms with E-state index in [1.807, 2.05) is 13.8 Å². The minimum Gasteiger partial charge on any atom is -0.379 e. The maximum atomic E-state index is 11.3. The molecule has 1 amide bonds. The Morgan fingerprint density at radius 3 is 2.46 bits per heavy atom. The topological polar surface area (TPSA) is 79.0 Å². The first kappa shape index (κ1) is 12.3. The Balaban J connectivity index is 3.76. The quantitative estimate of drug-likeness (QED) is 0.466. The SMILES string of the molecule is CC(C)CNC(=O)C(C)SC(=N)N. The largest absolute Gasteiger partial charge is 0.379 e. The Hall–Kier alpha value is -0.710. The van der Waals surface area contributed by atoms with Crippen LogP contribution in [-0.4, -0.2) is 22.9 Å². The molecular formula is C8H17N3OS. The summed E-state index contributed by atoms with van der Waals surface area (Å²) in [5.74, 6) is 0.382. The standard InChI is InChI=1S/C8H17N3OS/c1-5(2)4-11-7(12)6(3)13-8(9)10/h5-6H,4H2,1-3H3,(H3,9,10)(H,11,12). The van der Waals surface area contributed by atoms with Crippen molar-refractivity contribution in [2.45, 2.75) is 26.0 Å². The minimum absolute atomic E-state index is 0.0211. The first-order valence-corrected chi connectivity index (χ1v) is 5.09. The van der Waals surface area contributed by atoms with E-state index in [1.54, 1.807) is 6.92 Å². The molecule has 4 nitrogen and oxygen atoms in total. The van der Waals surface area contributed by atoms with Crippen LogP contribution in [-0.2, 0) is 4.79 Å². The smallest absolute Gasteiger partial charge is 0.233 e. The summed E-state index contributed by atoms with van der Waals surface area (Å²) in [5, 5.41) is 9.47. The molecular weight excluding hydrogens is 186 g/mol. The van der Waals surface area contributed by atoms with Gasteiger partial charge in [-0.2, -0.15) is 0 Å². The summed E-state index contributed by atoms with van der Waals surface area (Å²) in [7, 11) is 0. The summed E-state index contributed by atoms with van der Waals surface area (Å²) >= 11 is 1.06. The van der Waals surface area contributed by atoms with Gasteiger partial charge in [-0.25, -0.2) is 0 Å². The lowest BCUT2D eigenvalue weighted by Crippen LogP contribution is -2.34. The third-order valence-electron chi connectivity index (χ3n) is 1.36. The zero-order valence-corrected chi connectivity index (χ0v) is 9.07. The number of amidine groups is 1. The molecule has 5 heteroatoms. The summed E-state index contributed by atoms with van der Waals surface area (Å²) < 4.78 is 0. The number of nitrogens with two attached hydrogens (primary N) is 1. The van der Waals surface area contributed by atoms with Crippen molar-refractivity contribution in [3.05, 3.63) is 0 Å². The first-order valence-electron chi connectivity index (χ1n) is 4.22. The Bertz CT molecular complexity index is 194. The molecule has 1 unspecified atom stereocenters. The van der Waals surface area contributed by atoms with E-state index in [-0.39, 0.29) is 16.3 Å². The van der Waals surface area contributed by atoms with Gasteiger partial charge in [0, 0.05) is 6.54 Å². The van der Waals surface area contributed by atoms with Gasteiger partial charge in [0.05, 0.1) is 5.25 Å². The second-order valence-electron chi connectivity index (χ2n) is 3.26. The van der Waals surface area contributed by atoms with Crippen molar-refractivity contribution in [3.8, 4) is 0 Å². The molecule has 0 saturated heterocycles. The van der Waals surface area contributed by atoms with E-state index in [4.69, 9.17) is 11.1 Å². The molecule has 1 atom stereocenters. The minimum atomic E-state index is -0.281. The van der Waals surface area contributed by atoms with Crippen LogP contribution in [0, 0.1) is 11.3 Å². The van der Waals surface area contributed by atoms with Gasteiger partial charge in [0.1, 0.15) is 0 Å². The highest BCUT2D eigenvalue weighted by Gasteiger charge is 2.14. The van der Waals surface area contributed by atoms with Crippen molar-refractivity contribution in [2.75, 3.05) is 6.54 Å². The molecule has 0 radical (unpaired) electrons. The molecule has 0 aliphatic carbocycles. The fourth-order valence-corrected chi connectivity index (χ4v) is 1.26. The van der Waals surface area contributed by atoms with Crippen LogP contribution in [0.5, 0.6) is 0 Å². The predicted molar refractivity (Wildman–Crippen MR) is 56.8 cm³/mol. The number of hydrogen-bond acceptors (Lipinski definition) is 3. The van der Waals surface area contributed by atoms with Crippen molar-refractivity contribution < 1.29 is 4.79 Å². The molecule has 0 aliphatic heterocycles. The van der Waals surface area contributed by atoms with Crippen LogP contribution in [0.1, 0.15) is 20.8 Å². The molecule has 0 rings (SSSR count). The Kier molecular flexibility index (Phi) is 5.53. The third kappa shape index (κ3) is 6.45. The maximum absolute atomic E-state index is 11.3. The van der Waals surface area contributed by atoms with E-state index in [0.29, 0.717) is 12.5 Å². The van der Waals surface area contributed by atoms with Crippen LogP contribution in [0.4, 0.5) is 0 Å². The van der Waals surface area contributed by atoms with E-state index < -0.39 is 0 Å². The van der Waals surface area contributed by atoms with Crippen molar-refractivity contribution in [2.24, 2.45) is 11.7 Å². The molecule has 0 heterocycles. The van der Waals surface area contributed by atoms with Crippen molar-refractivity contribution in [3.63, 3.8) is 0 Å². The molecule has 0 aromatic rings. The van der Waals surface area contributed by atoms with Gasteiger partial charge in [0.2, 0.25) is 5.91 Å². The Morgan fingerprint density at radius 1 is 1.54 bits per heavy atom. The number of rotatable bonds is 4. The number of amides is 1. The summed E-state index contributed by atoms with van der Waals surface area (Å²) in [5.41, 5.74) is 5.15. The Morgan fingerprint density at radius 2 is 2.08 bits per heavy atom. The molecule has 0 fully saturated rings. The van der Waals surface area contributed by atoms with E-state index in [9.17, 15) is 4.79 Å². The molecule has 0 spiro atoms. The fraction of sp³-hybridized carbons (Fsp3) is 0.750. The summed E-state index contributed by atoms with van der Waals surface area (Å²) in [6.45, 7) is 6.47. The first-order chi connectivity index (χ1) is 5.93. The normalized spacial score (nSPS) is 12.6. The van der Waals surface area contributed by atoms with E-state index >= 15 is 0 Å². The number of carbonyl (C=O) groups excluding carboxylic acids is 1. The van der Waals surface area contributed by atoms with Crippen LogP contribution in [0.3, 0.4) is 0 Å². The average molecular weight is 203 g/mol. The Labute approximate surface area is 83.2 Å². The molecule has 0 aromatic carbocycles. The summed E-state index contributed by atoms with van der Waals surface area (Å²) in [6.07, 6.45) is 0. The highest BCUT2D eigenvalue weighted by atomic mass is 32.2. The fourth-order valence-electron chi connectivity index (χ4n) is 0.692. The molecule has 0 bridgehead atoms. The summed E-state index contributed by atoms with van der Waals surface area (Å²) in [6, 6.07) is 0. The van der Waals surface area contributed by atoms with Gasteiger partial charge in [-0.3, -0.25) is 10.2 Å². The molecule has 0 saturated carbocycles. The molecule has 13 heavy (non-hydrogen) atoms. The van der Waals surface area contributed by atoms with Gasteiger partial charge in [-0.1, -0.05) is 25.6 Å². The van der Waals surface area contributed by atoms with Crippen molar-refractivity contribution in [1.82, 2.24) is 5.32 Å². The van der Waals surface area contributed by atoms with Crippen LogP contribution in [0.25, 0.3) is 0 Å². The predicted octanol–water partition coefficient (Wildman–Crippen LogP) is 0.774. The zero-order chi connectivity index (χ0) is 10.4. The molecule has 0 aromatic heterocycles. The molecule has 76 valence electrons. The number of carbonyl (C=O) groups is 1.